The van der Waals surface area contributed by atoms with E-state index in [9.17, 15) is 19.2 Å². The van der Waals surface area contributed by atoms with Crippen molar-refractivity contribution in [3.63, 3.8) is 0 Å². The molecule has 3 aromatic rings. The smallest absolute Gasteiger partial charge is 0.338 e. The second kappa shape index (κ2) is 9.05. The molecule has 1 saturated heterocycles. The highest BCUT2D eigenvalue weighted by atomic mass is 16.5. The Balaban J connectivity index is 1.33. The van der Waals surface area contributed by atoms with Crippen molar-refractivity contribution in [3.05, 3.63) is 75.6 Å². The third-order valence-corrected chi connectivity index (χ3v) is 5.22. The third-order valence-electron chi connectivity index (χ3n) is 5.22. The number of likely N-dealkylation sites (tertiary alicyclic amines) is 1. The van der Waals surface area contributed by atoms with Crippen LogP contribution in [0.3, 0.4) is 0 Å². The molecule has 2 heterocycles. The fourth-order valence-electron chi connectivity index (χ4n) is 3.50. The number of benzene rings is 2. The summed E-state index contributed by atoms with van der Waals surface area (Å²) in [5, 5.41) is 0.840. The van der Waals surface area contributed by atoms with Crippen LogP contribution in [0.2, 0.25) is 0 Å². The first kappa shape index (κ1) is 21.3. The number of hydrogen-bond acceptors (Lipinski definition) is 7. The van der Waals surface area contributed by atoms with Crippen LogP contribution in [0.1, 0.15) is 34.3 Å². The van der Waals surface area contributed by atoms with Gasteiger partial charge in [-0.1, -0.05) is 12.1 Å². The van der Waals surface area contributed by atoms with E-state index in [1.165, 1.54) is 6.07 Å². The van der Waals surface area contributed by atoms with E-state index >= 15 is 0 Å². The number of carbonyl (C=O) groups excluding carboxylic acids is 3. The average molecular weight is 435 g/mol. The summed E-state index contributed by atoms with van der Waals surface area (Å²) >= 11 is 0. The Morgan fingerprint density at radius 2 is 1.84 bits per heavy atom. The number of aryl methyl sites for hydroxylation is 1. The van der Waals surface area contributed by atoms with E-state index in [1.807, 2.05) is 13.0 Å². The maximum absolute atomic E-state index is 12.2. The van der Waals surface area contributed by atoms with Gasteiger partial charge in [0.05, 0.1) is 5.56 Å². The topological polar surface area (TPSA) is 103 Å². The minimum Gasteiger partial charge on any atom is -0.489 e. The summed E-state index contributed by atoms with van der Waals surface area (Å²) in [6, 6.07) is 13.3. The van der Waals surface area contributed by atoms with Gasteiger partial charge in [-0.05, 0) is 48.7 Å². The van der Waals surface area contributed by atoms with Gasteiger partial charge < -0.3 is 13.9 Å². The van der Waals surface area contributed by atoms with Crippen LogP contribution in [-0.4, -0.2) is 35.8 Å². The Kier molecular flexibility index (Phi) is 6.02. The minimum absolute atomic E-state index is 0.237. The number of ether oxygens (including phenoxy) is 2. The minimum atomic E-state index is -0.641. The van der Waals surface area contributed by atoms with Crippen LogP contribution in [0, 0.1) is 6.92 Å². The van der Waals surface area contributed by atoms with Crippen molar-refractivity contribution in [2.75, 3.05) is 13.2 Å². The SMILES string of the molecule is Cc1cc(=O)oc2cc(OCc3ccc(C(=O)OCC(=O)N4CCCC4=O)cc3)ccc12. The number of nitrogens with zero attached hydrogens (tertiary/aromatic N) is 1. The van der Waals surface area contributed by atoms with Gasteiger partial charge >= 0.3 is 11.6 Å². The lowest BCUT2D eigenvalue weighted by Crippen LogP contribution is -2.35. The first-order valence-electron chi connectivity index (χ1n) is 10.2. The van der Waals surface area contributed by atoms with Crippen molar-refractivity contribution in [1.29, 1.82) is 0 Å². The van der Waals surface area contributed by atoms with Crippen molar-refractivity contribution in [3.8, 4) is 5.75 Å². The number of hydrogen-bond donors (Lipinski definition) is 0. The van der Waals surface area contributed by atoms with Crippen LogP contribution in [0.15, 0.2) is 57.7 Å². The lowest BCUT2D eigenvalue weighted by Gasteiger charge is -2.13. The molecule has 2 amide bonds. The van der Waals surface area contributed by atoms with Gasteiger partial charge in [-0.25, -0.2) is 9.59 Å². The summed E-state index contributed by atoms with van der Waals surface area (Å²) in [5.74, 6) is -0.839. The first-order valence-corrected chi connectivity index (χ1v) is 10.2. The van der Waals surface area contributed by atoms with E-state index < -0.39 is 24.1 Å². The van der Waals surface area contributed by atoms with Gasteiger partial charge in [-0.15, -0.1) is 0 Å². The van der Waals surface area contributed by atoms with Crippen molar-refractivity contribution in [2.24, 2.45) is 0 Å². The van der Waals surface area contributed by atoms with Crippen molar-refractivity contribution in [1.82, 2.24) is 4.90 Å². The number of esters is 1. The molecule has 1 aliphatic heterocycles. The number of amides is 2. The molecule has 0 saturated carbocycles. The third kappa shape index (κ3) is 4.69. The fraction of sp³-hybridized carbons (Fsp3) is 0.250. The highest BCUT2D eigenvalue weighted by molar-refractivity contribution is 5.98. The molecule has 2 aromatic carbocycles. The molecule has 32 heavy (non-hydrogen) atoms. The van der Waals surface area contributed by atoms with Crippen LogP contribution in [0.25, 0.3) is 11.0 Å². The van der Waals surface area contributed by atoms with Crippen molar-refractivity contribution < 1.29 is 28.3 Å². The number of rotatable bonds is 6. The molecular formula is C24H21NO7. The zero-order valence-corrected chi connectivity index (χ0v) is 17.5. The molecule has 1 fully saturated rings. The highest BCUT2D eigenvalue weighted by Crippen LogP contribution is 2.23. The van der Waals surface area contributed by atoms with E-state index in [2.05, 4.69) is 0 Å². The molecule has 1 aliphatic rings. The van der Waals surface area contributed by atoms with Crippen molar-refractivity contribution >= 4 is 28.8 Å². The molecule has 0 N–H and O–H groups in total. The highest BCUT2D eigenvalue weighted by Gasteiger charge is 2.27. The van der Waals surface area contributed by atoms with Gasteiger partial charge in [0.1, 0.15) is 17.9 Å². The van der Waals surface area contributed by atoms with E-state index in [0.717, 1.165) is 21.4 Å². The largest absolute Gasteiger partial charge is 0.489 e. The Hall–Kier alpha value is -3.94. The van der Waals surface area contributed by atoms with Gasteiger partial charge in [0, 0.05) is 30.5 Å². The van der Waals surface area contributed by atoms with Crippen LogP contribution in [-0.2, 0) is 20.9 Å². The summed E-state index contributed by atoms with van der Waals surface area (Å²) in [5.41, 5.74) is 1.97. The average Bonchev–Trinajstić information content (AvgIpc) is 3.21. The standard InChI is InChI=1S/C24H21NO7/c1-15-11-23(28)32-20-12-18(8-9-19(15)20)30-13-16-4-6-17(7-5-16)24(29)31-14-22(27)25-10-2-3-21(25)26/h4-9,11-12H,2-3,10,13-14H2,1H3. The van der Waals surface area contributed by atoms with Crippen LogP contribution in [0.5, 0.6) is 5.75 Å². The van der Waals surface area contributed by atoms with E-state index in [1.54, 1.807) is 36.4 Å². The molecule has 0 radical (unpaired) electrons. The molecule has 8 nitrogen and oxygen atoms in total. The Bertz CT molecular complexity index is 1240. The maximum atomic E-state index is 12.2. The molecule has 164 valence electrons. The lowest BCUT2D eigenvalue weighted by atomic mass is 10.1. The number of carbonyl (C=O) groups is 3. The fourth-order valence-corrected chi connectivity index (χ4v) is 3.50. The lowest BCUT2D eigenvalue weighted by molar-refractivity contribution is -0.143. The van der Waals surface area contributed by atoms with Crippen LogP contribution >= 0.6 is 0 Å². The molecule has 0 unspecified atom stereocenters. The molecule has 0 bridgehead atoms. The van der Waals surface area contributed by atoms with E-state index in [0.29, 0.717) is 30.7 Å². The second-order valence-electron chi connectivity index (χ2n) is 7.51. The Morgan fingerprint density at radius 1 is 1.06 bits per heavy atom. The first-order chi connectivity index (χ1) is 15.4. The predicted molar refractivity (Wildman–Crippen MR) is 114 cm³/mol. The van der Waals surface area contributed by atoms with Gasteiger partial charge in [0.15, 0.2) is 6.61 Å². The summed E-state index contributed by atoms with van der Waals surface area (Å²) in [4.78, 5) is 48.4. The quantitative estimate of drug-likeness (QED) is 0.433. The summed E-state index contributed by atoms with van der Waals surface area (Å²) < 4.78 is 16.0. The molecule has 8 heteroatoms. The second-order valence-corrected chi connectivity index (χ2v) is 7.51. The van der Waals surface area contributed by atoms with Crippen LogP contribution in [0.4, 0.5) is 0 Å². The zero-order chi connectivity index (χ0) is 22.7. The summed E-state index contributed by atoms with van der Waals surface area (Å²) in [7, 11) is 0. The molecule has 0 atom stereocenters. The Labute approximate surface area is 183 Å². The Morgan fingerprint density at radius 3 is 2.56 bits per heavy atom. The summed E-state index contributed by atoms with van der Waals surface area (Å²) in [6.45, 7) is 1.99. The normalized spacial score (nSPS) is 13.4. The molecule has 4 rings (SSSR count). The maximum Gasteiger partial charge on any atom is 0.338 e. The van der Waals surface area contributed by atoms with E-state index in [4.69, 9.17) is 13.9 Å². The molecule has 1 aromatic heterocycles. The molecule has 0 spiro atoms. The number of imide groups is 1. The predicted octanol–water partition coefficient (Wildman–Crippen LogP) is 2.99. The van der Waals surface area contributed by atoms with Crippen molar-refractivity contribution in [2.45, 2.75) is 26.4 Å². The van der Waals surface area contributed by atoms with Crippen LogP contribution < -0.4 is 10.4 Å². The molecule has 0 aliphatic carbocycles. The number of fused-ring (bicyclic) bond motifs is 1. The zero-order valence-electron chi connectivity index (χ0n) is 17.5. The van der Waals surface area contributed by atoms with Gasteiger partial charge in [-0.3, -0.25) is 14.5 Å². The van der Waals surface area contributed by atoms with Gasteiger partial charge in [-0.2, -0.15) is 0 Å². The van der Waals surface area contributed by atoms with Gasteiger partial charge in [0.2, 0.25) is 5.91 Å². The molecular weight excluding hydrogens is 414 g/mol. The van der Waals surface area contributed by atoms with Gasteiger partial charge in [0.25, 0.3) is 5.91 Å². The summed E-state index contributed by atoms with van der Waals surface area (Å²) in [6.07, 6.45) is 0.978. The van der Waals surface area contributed by atoms with E-state index in [-0.39, 0.29) is 18.1 Å². The monoisotopic (exact) mass is 435 g/mol.